The normalized spacial score (nSPS) is 15.5. The molecule has 2 rings (SSSR count). The van der Waals surface area contributed by atoms with Crippen molar-refractivity contribution in [2.75, 3.05) is 0 Å². The quantitative estimate of drug-likeness (QED) is 0.775. The van der Waals surface area contributed by atoms with Crippen LogP contribution in [-0.2, 0) is 13.0 Å². The molecule has 1 aliphatic rings. The van der Waals surface area contributed by atoms with Crippen LogP contribution in [0.25, 0.3) is 0 Å². The van der Waals surface area contributed by atoms with Gasteiger partial charge in [-0.25, -0.2) is 4.68 Å². The molecule has 1 heterocycles. The van der Waals surface area contributed by atoms with Crippen LogP contribution in [0, 0.1) is 5.92 Å². The summed E-state index contributed by atoms with van der Waals surface area (Å²) in [6, 6.07) is 0. The Morgan fingerprint density at radius 2 is 2.33 bits per heavy atom. The molecular weight excluding hydrogens is 192 g/mol. The van der Waals surface area contributed by atoms with Crippen molar-refractivity contribution in [2.24, 2.45) is 11.7 Å². The van der Waals surface area contributed by atoms with Crippen LogP contribution < -0.4 is 5.73 Å². The van der Waals surface area contributed by atoms with E-state index in [2.05, 4.69) is 17.2 Å². The van der Waals surface area contributed by atoms with E-state index in [1.165, 1.54) is 12.8 Å². The first-order chi connectivity index (χ1) is 7.22. The second-order valence-corrected chi connectivity index (χ2v) is 4.12. The molecule has 1 aliphatic carbocycles. The SMILES string of the molecule is CCCc1c(C(N)=O)nnn1CC1CC1. The molecule has 5 nitrogen and oxygen atoms in total. The number of carbonyl (C=O) groups is 1. The molecule has 0 aliphatic heterocycles. The van der Waals surface area contributed by atoms with Crippen LogP contribution in [0.3, 0.4) is 0 Å². The number of nitrogens with two attached hydrogens (primary N) is 1. The van der Waals surface area contributed by atoms with Crippen molar-refractivity contribution in [1.82, 2.24) is 15.0 Å². The van der Waals surface area contributed by atoms with E-state index < -0.39 is 5.91 Å². The van der Waals surface area contributed by atoms with Crippen LogP contribution in [0.1, 0.15) is 42.4 Å². The predicted octanol–water partition coefficient (Wildman–Crippen LogP) is 0.739. The van der Waals surface area contributed by atoms with Crippen molar-refractivity contribution in [3.63, 3.8) is 0 Å². The lowest BCUT2D eigenvalue weighted by Crippen LogP contribution is -2.15. The number of rotatable bonds is 5. The zero-order valence-electron chi connectivity index (χ0n) is 8.94. The molecule has 1 saturated carbocycles. The third-order valence-corrected chi connectivity index (χ3v) is 2.69. The molecule has 1 amide bonds. The van der Waals surface area contributed by atoms with Crippen molar-refractivity contribution in [3.05, 3.63) is 11.4 Å². The van der Waals surface area contributed by atoms with Crippen molar-refractivity contribution in [2.45, 2.75) is 39.2 Å². The Bertz CT molecular complexity index is 367. The number of nitrogens with zero attached hydrogens (tertiary/aromatic N) is 3. The van der Waals surface area contributed by atoms with E-state index >= 15 is 0 Å². The molecule has 0 spiro atoms. The molecule has 0 unspecified atom stereocenters. The Balaban J connectivity index is 2.23. The van der Waals surface area contributed by atoms with Crippen molar-refractivity contribution < 1.29 is 4.79 Å². The maximum Gasteiger partial charge on any atom is 0.271 e. The highest BCUT2D eigenvalue weighted by atomic mass is 16.1. The fourth-order valence-corrected chi connectivity index (χ4v) is 1.70. The van der Waals surface area contributed by atoms with Gasteiger partial charge in [0.1, 0.15) is 0 Å². The number of hydrogen-bond donors (Lipinski definition) is 1. The summed E-state index contributed by atoms with van der Waals surface area (Å²) in [4.78, 5) is 11.1. The van der Waals surface area contributed by atoms with Crippen LogP contribution >= 0.6 is 0 Å². The van der Waals surface area contributed by atoms with E-state index in [0.717, 1.165) is 31.0 Å². The topological polar surface area (TPSA) is 73.8 Å². The van der Waals surface area contributed by atoms with Crippen LogP contribution in [0.15, 0.2) is 0 Å². The Hall–Kier alpha value is -1.39. The van der Waals surface area contributed by atoms with E-state index in [1.54, 1.807) is 0 Å². The first-order valence-electron chi connectivity index (χ1n) is 5.44. The lowest BCUT2D eigenvalue weighted by molar-refractivity contribution is 0.0994. The summed E-state index contributed by atoms with van der Waals surface area (Å²) >= 11 is 0. The molecule has 0 atom stereocenters. The summed E-state index contributed by atoms with van der Waals surface area (Å²) in [6.45, 7) is 2.95. The van der Waals surface area contributed by atoms with Crippen LogP contribution in [0.2, 0.25) is 0 Å². The second-order valence-electron chi connectivity index (χ2n) is 4.12. The van der Waals surface area contributed by atoms with Gasteiger partial charge in [-0.1, -0.05) is 18.6 Å². The number of amides is 1. The zero-order valence-corrected chi connectivity index (χ0v) is 8.94. The monoisotopic (exact) mass is 208 g/mol. The standard InChI is InChI=1S/C10H16N4O/c1-2-3-8-9(10(11)15)12-13-14(8)6-7-4-5-7/h7H,2-6H2,1H3,(H2,11,15). The van der Waals surface area contributed by atoms with Gasteiger partial charge in [0.25, 0.3) is 5.91 Å². The molecule has 82 valence electrons. The molecule has 5 heteroatoms. The lowest BCUT2D eigenvalue weighted by Gasteiger charge is -2.04. The molecule has 1 aromatic heterocycles. The van der Waals surface area contributed by atoms with E-state index in [4.69, 9.17) is 5.73 Å². The van der Waals surface area contributed by atoms with Gasteiger partial charge >= 0.3 is 0 Å². The minimum Gasteiger partial charge on any atom is -0.364 e. The summed E-state index contributed by atoms with van der Waals surface area (Å²) in [5.41, 5.74) is 6.49. The number of carbonyl (C=O) groups excluding carboxylic acids is 1. The van der Waals surface area contributed by atoms with E-state index in [1.807, 2.05) is 4.68 Å². The van der Waals surface area contributed by atoms with E-state index in [9.17, 15) is 4.79 Å². The molecule has 0 saturated heterocycles. The summed E-state index contributed by atoms with van der Waals surface area (Å²) in [7, 11) is 0. The second kappa shape index (κ2) is 4.00. The third kappa shape index (κ3) is 2.16. The molecular formula is C10H16N4O. The van der Waals surface area contributed by atoms with Gasteiger partial charge in [-0.15, -0.1) is 5.10 Å². The van der Waals surface area contributed by atoms with Gasteiger partial charge in [0.05, 0.1) is 5.69 Å². The molecule has 0 aromatic carbocycles. The van der Waals surface area contributed by atoms with Gasteiger partial charge in [-0.2, -0.15) is 0 Å². The maximum atomic E-state index is 11.1. The largest absolute Gasteiger partial charge is 0.364 e. The fraction of sp³-hybridized carbons (Fsp3) is 0.700. The van der Waals surface area contributed by atoms with Crippen LogP contribution in [-0.4, -0.2) is 20.9 Å². The Morgan fingerprint density at radius 3 is 2.87 bits per heavy atom. The van der Waals surface area contributed by atoms with Gasteiger partial charge in [0.2, 0.25) is 0 Å². The minimum atomic E-state index is -0.472. The molecule has 0 radical (unpaired) electrons. The van der Waals surface area contributed by atoms with Crippen molar-refractivity contribution in [1.29, 1.82) is 0 Å². The highest BCUT2D eigenvalue weighted by Crippen LogP contribution is 2.30. The smallest absolute Gasteiger partial charge is 0.271 e. The average molecular weight is 208 g/mol. The highest BCUT2D eigenvalue weighted by molar-refractivity contribution is 5.91. The molecule has 2 N–H and O–H groups in total. The van der Waals surface area contributed by atoms with Gasteiger partial charge in [-0.3, -0.25) is 4.79 Å². The summed E-state index contributed by atoms with van der Waals surface area (Å²) < 4.78 is 1.85. The van der Waals surface area contributed by atoms with E-state index in [0.29, 0.717) is 5.69 Å². The van der Waals surface area contributed by atoms with Gasteiger partial charge in [-0.05, 0) is 25.2 Å². The summed E-state index contributed by atoms with van der Waals surface area (Å²) in [5.74, 6) is 0.253. The number of aromatic nitrogens is 3. The van der Waals surface area contributed by atoms with Crippen molar-refractivity contribution in [3.8, 4) is 0 Å². The van der Waals surface area contributed by atoms with Crippen LogP contribution in [0.5, 0.6) is 0 Å². The molecule has 1 fully saturated rings. The summed E-state index contributed by atoms with van der Waals surface area (Å²) in [5, 5.41) is 7.86. The molecule has 15 heavy (non-hydrogen) atoms. The number of hydrogen-bond acceptors (Lipinski definition) is 3. The predicted molar refractivity (Wildman–Crippen MR) is 55.3 cm³/mol. The molecule has 1 aromatic rings. The Kier molecular flexibility index (Phi) is 2.70. The minimum absolute atomic E-state index is 0.345. The van der Waals surface area contributed by atoms with Gasteiger partial charge in [0, 0.05) is 6.54 Å². The highest BCUT2D eigenvalue weighted by Gasteiger charge is 2.25. The number of primary amides is 1. The lowest BCUT2D eigenvalue weighted by atomic mass is 10.2. The average Bonchev–Trinajstić information content (AvgIpc) is 2.90. The van der Waals surface area contributed by atoms with Crippen LogP contribution in [0.4, 0.5) is 0 Å². The van der Waals surface area contributed by atoms with E-state index in [-0.39, 0.29) is 0 Å². The first-order valence-corrected chi connectivity index (χ1v) is 5.44. The zero-order chi connectivity index (χ0) is 10.8. The first kappa shape index (κ1) is 10.1. The van der Waals surface area contributed by atoms with Crippen molar-refractivity contribution >= 4 is 5.91 Å². The Labute approximate surface area is 88.6 Å². The maximum absolute atomic E-state index is 11.1. The van der Waals surface area contributed by atoms with Gasteiger partial charge < -0.3 is 5.73 Å². The fourth-order valence-electron chi connectivity index (χ4n) is 1.70. The molecule has 0 bridgehead atoms. The Morgan fingerprint density at radius 1 is 1.60 bits per heavy atom. The third-order valence-electron chi connectivity index (χ3n) is 2.69. The summed E-state index contributed by atoms with van der Waals surface area (Å²) in [6.07, 6.45) is 4.31. The van der Waals surface area contributed by atoms with Gasteiger partial charge in [0.15, 0.2) is 5.69 Å².